The first kappa shape index (κ1) is 19.0. The van der Waals surface area contributed by atoms with Crippen LogP contribution in [0.2, 0.25) is 5.02 Å². The number of likely N-dealkylation sites (tertiary alicyclic amines) is 1. The van der Waals surface area contributed by atoms with Gasteiger partial charge in [0, 0.05) is 16.8 Å². The molecule has 1 aliphatic heterocycles. The fourth-order valence-corrected chi connectivity index (χ4v) is 4.08. The van der Waals surface area contributed by atoms with Crippen molar-refractivity contribution in [2.75, 3.05) is 20.1 Å². The Labute approximate surface area is 169 Å². The molecule has 0 amide bonds. The molecule has 0 bridgehead atoms. The number of hydrogen-bond acceptors (Lipinski definition) is 4. The lowest BCUT2D eigenvalue weighted by Crippen LogP contribution is -2.29. The van der Waals surface area contributed by atoms with E-state index in [9.17, 15) is 9.90 Å². The third-order valence-corrected chi connectivity index (χ3v) is 5.78. The fraction of sp³-hybridized carbons (Fsp3) is 0.364. The Hall–Kier alpha value is -2.37. The van der Waals surface area contributed by atoms with Gasteiger partial charge in [-0.2, -0.15) is 5.10 Å². The quantitative estimate of drug-likeness (QED) is 0.725. The number of aromatic hydroxyl groups is 1. The van der Waals surface area contributed by atoms with Crippen molar-refractivity contribution >= 4 is 22.4 Å². The summed E-state index contributed by atoms with van der Waals surface area (Å²) in [6.45, 7) is 2.00. The number of fused-ring (bicyclic) bond motifs is 1. The SMILES string of the molecule is CN1CCCC(n2nc(Cc3ccc(Cl)cc3)c3cc(O)ccc3c2=O)CC1. The van der Waals surface area contributed by atoms with Gasteiger partial charge < -0.3 is 10.0 Å². The standard InChI is InChI=1S/C22H24ClN3O2/c1-25-11-2-3-17(10-12-25)26-22(28)19-9-8-18(27)14-20(19)21(24-26)13-15-4-6-16(23)7-5-15/h4-9,14,17,27H,2-3,10-13H2,1H3. The molecule has 0 radical (unpaired) electrons. The number of rotatable bonds is 3. The Morgan fingerprint density at radius 2 is 1.89 bits per heavy atom. The molecule has 2 heterocycles. The maximum absolute atomic E-state index is 13.2. The minimum atomic E-state index is -0.0793. The van der Waals surface area contributed by atoms with E-state index >= 15 is 0 Å². The van der Waals surface area contributed by atoms with E-state index < -0.39 is 0 Å². The number of aromatic nitrogens is 2. The Morgan fingerprint density at radius 1 is 1.11 bits per heavy atom. The largest absolute Gasteiger partial charge is 0.508 e. The van der Waals surface area contributed by atoms with Crippen molar-refractivity contribution in [3.63, 3.8) is 0 Å². The molecule has 6 heteroatoms. The molecule has 1 unspecified atom stereocenters. The topological polar surface area (TPSA) is 58.4 Å². The summed E-state index contributed by atoms with van der Waals surface area (Å²) in [6.07, 6.45) is 3.48. The van der Waals surface area contributed by atoms with Gasteiger partial charge in [0.25, 0.3) is 5.56 Å². The molecule has 1 atom stereocenters. The van der Waals surface area contributed by atoms with Crippen molar-refractivity contribution in [1.29, 1.82) is 0 Å². The van der Waals surface area contributed by atoms with Crippen molar-refractivity contribution in [2.45, 2.75) is 31.7 Å². The molecule has 146 valence electrons. The van der Waals surface area contributed by atoms with E-state index in [-0.39, 0.29) is 17.4 Å². The van der Waals surface area contributed by atoms with Gasteiger partial charge in [-0.15, -0.1) is 0 Å². The fourth-order valence-electron chi connectivity index (χ4n) is 3.95. The minimum absolute atomic E-state index is 0.0793. The molecule has 1 saturated heterocycles. The lowest BCUT2D eigenvalue weighted by atomic mass is 10.0. The molecule has 5 nitrogen and oxygen atoms in total. The summed E-state index contributed by atoms with van der Waals surface area (Å²) in [5, 5.41) is 16.8. The van der Waals surface area contributed by atoms with Gasteiger partial charge in [0.05, 0.1) is 17.1 Å². The lowest BCUT2D eigenvalue weighted by Gasteiger charge is -2.19. The first-order valence-electron chi connectivity index (χ1n) is 9.68. The summed E-state index contributed by atoms with van der Waals surface area (Å²) >= 11 is 6.01. The zero-order valence-electron chi connectivity index (χ0n) is 15.9. The predicted molar refractivity (Wildman–Crippen MR) is 112 cm³/mol. The highest BCUT2D eigenvalue weighted by Crippen LogP contribution is 2.25. The molecule has 1 aromatic heterocycles. The Balaban J connectivity index is 1.82. The number of benzene rings is 2. The van der Waals surface area contributed by atoms with Gasteiger partial charge in [0.1, 0.15) is 5.75 Å². The summed E-state index contributed by atoms with van der Waals surface area (Å²) < 4.78 is 1.68. The number of phenolic OH excluding ortho intramolecular Hbond substituents is 1. The van der Waals surface area contributed by atoms with E-state index in [4.69, 9.17) is 16.7 Å². The molecule has 3 aromatic rings. The van der Waals surface area contributed by atoms with E-state index in [1.54, 1.807) is 22.9 Å². The summed E-state index contributed by atoms with van der Waals surface area (Å²) in [5.41, 5.74) is 1.78. The molecule has 28 heavy (non-hydrogen) atoms. The second kappa shape index (κ2) is 7.94. The van der Waals surface area contributed by atoms with Crippen molar-refractivity contribution < 1.29 is 5.11 Å². The van der Waals surface area contributed by atoms with Crippen LogP contribution in [0.1, 0.15) is 36.6 Å². The summed E-state index contributed by atoms with van der Waals surface area (Å²) in [5.74, 6) is 0.139. The first-order valence-corrected chi connectivity index (χ1v) is 10.1. The number of halogens is 1. The summed E-state index contributed by atoms with van der Waals surface area (Å²) in [4.78, 5) is 15.5. The Kier molecular flexibility index (Phi) is 5.38. The molecule has 1 N–H and O–H groups in total. The van der Waals surface area contributed by atoms with Gasteiger partial charge >= 0.3 is 0 Å². The van der Waals surface area contributed by atoms with Crippen molar-refractivity contribution in [1.82, 2.24) is 14.7 Å². The van der Waals surface area contributed by atoms with Gasteiger partial charge in [-0.1, -0.05) is 23.7 Å². The van der Waals surface area contributed by atoms with Gasteiger partial charge in [-0.25, -0.2) is 4.68 Å². The molecule has 2 aromatic carbocycles. The third kappa shape index (κ3) is 3.91. The molecule has 4 rings (SSSR count). The van der Waals surface area contributed by atoms with E-state index in [0.717, 1.165) is 43.6 Å². The molecule has 1 aliphatic rings. The van der Waals surface area contributed by atoms with Gasteiger partial charge in [0.15, 0.2) is 0 Å². The van der Waals surface area contributed by atoms with Crippen molar-refractivity contribution in [2.24, 2.45) is 0 Å². The van der Waals surface area contributed by atoms with E-state index in [2.05, 4.69) is 11.9 Å². The van der Waals surface area contributed by atoms with Crippen LogP contribution in [-0.4, -0.2) is 39.9 Å². The number of hydrogen-bond donors (Lipinski definition) is 1. The van der Waals surface area contributed by atoms with Crippen LogP contribution in [0, 0.1) is 0 Å². The normalized spacial score (nSPS) is 18.3. The monoisotopic (exact) mass is 397 g/mol. The van der Waals surface area contributed by atoms with Gasteiger partial charge in [-0.05, 0) is 75.3 Å². The maximum Gasteiger partial charge on any atom is 0.274 e. The van der Waals surface area contributed by atoms with E-state index in [1.165, 1.54) is 0 Å². The third-order valence-electron chi connectivity index (χ3n) is 5.53. The van der Waals surface area contributed by atoms with Crippen LogP contribution in [0.5, 0.6) is 5.75 Å². The van der Waals surface area contributed by atoms with Crippen LogP contribution < -0.4 is 5.56 Å². The van der Waals surface area contributed by atoms with Crippen LogP contribution >= 0.6 is 11.6 Å². The average molecular weight is 398 g/mol. The predicted octanol–water partition coefficient (Wildman–Crippen LogP) is 4.00. The average Bonchev–Trinajstić information content (AvgIpc) is 2.90. The molecule has 0 spiro atoms. The maximum atomic E-state index is 13.2. The number of phenols is 1. The highest BCUT2D eigenvalue weighted by Gasteiger charge is 2.21. The smallest absolute Gasteiger partial charge is 0.274 e. The number of nitrogens with zero attached hydrogens (tertiary/aromatic N) is 3. The molecular weight excluding hydrogens is 374 g/mol. The summed E-state index contributed by atoms with van der Waals surface area (Å²) in [7, 11) is 2.12. The van der Waals surface area contributed by atoms with Crippen LogP contribution in [0.4, 0.5) is 0 Å². The van der Waals surface area contributed by atoms with Crippen LogP contribution in [-0.2, 0) is 6.42 Å². The van der Waals surface area contributed by atoms with Crippen molar-refractivity contribution in [3.05, 3.63) is 69.1 Å². The van der Waals surface area contributed by atoms with Crippen molar-refractivity contribution in [3.8, 4) is 5.75 Å². The van der Waals surface area contributed by atoms with E-state index in [1.807, 2.05) is 24.3 Å². The van der Waals surface area contributed by atoms with Crippen LogP contribution in [0.3, 0.4) is 0 Å². The zero-order chi connectivity index (χ0) is 19.7. The van der Waals surface area contributed by atoms with Gasteiger partial charge in [-0.3, -0.25) is 4.79 Å². The lowest BCUT2D eigenvalue weighted by molar-refractivity contribution is 0.334. The second-order valence-electron chi connectivity index (χ2n) is 7.62. The van der Waals surface area contributed by atoms with Gasteiger partial charge in [0.2, 0.25) is 0 Å². The second-order valence-corrected chi connectivity index (χ2v) is 8.05. The van der Waals surface area contributed by atoms with Crippen LogP contribution in [0.15, 0.2) is 47.3 Å². The Bertz CT molecular complexity index is 1050. The Morgan fingerprint density at radius 3 is 2.68 bits per heavy atom. The van der Waals surface area contributed by atoms with E-state index in [0.29, 0.717) is 22.2 Å². The molecule has 1 fully saturated rings. The summed E-state index contributed by atoms with van der Waals surface area (Å²) in [6, 6.07) is 12.7. The van der Waals surface area contributed by atoms with Crippen LogP contribution in [0.25, 0.3) is 10.8 Å². The first-order chi connectivity index (χ1) is 13.5. The highest BCUT2D eigenvalue weighted by molar-refractivity contribution is 6.30. The zero-order valence-corrected chi connectivity index (χ0v) is 16.7. The molecule has 0 aliphatic carbocycles. The highest BCUT2D eigenvalue weighted by atomic mass is 35.5. The minimum Gasteiger partial charge on any atom is -0.508 e. The molecular formula is C22H24ClN3O2. The molecule has 0 saturated carbocycles.